The number of nitrogens with zero attached hydrogens (tertiary/aromatic N) is 3. The fourth-order valence-electron chi connectivity index (χ4n) is 3.46. The molecule has 0 atom stereocenters. The lowest BCUT2D eigenvalue weighted by atomic mass is 10.0. The maximum absolute atomic E-state index is 13.6. The Morgan fingerprint density at radius 3 is 2.31 bits per heavy atom. The second-order valence-corrected chi connectivity index (χ2v) is 8.71. The van der Waals surface area contributed by atoms with E-state index in [2.05, 4.69) is 50.8 Å². The predicted octanol–water partition coefficient (Wildman–Crippen LogP) is 5.52. The van der Waals surface area contributed by atoms with E-state index in [1.165, 1.54) is 11.1 Å². The number of hydrogen-bond donors (Lipinski definition) is 0. The number of rotatable bonds is 7. The minimum atomic E-state index is 0.0332. The third-order valence-electron chi connectivity index (χ3n) is 5.63. The normalized spacial score (nSPS) is 11.4. The van der Waals surface area contributed by atoms with Crippen LogP contribution in [0.2, 0.25) is 0 Å². The van der Waals surface area contributed by atoms with Gasteiger partial charge in [-0.05, 0) is 75.7 Å². The predicted molar refractivity (Wildman–Crippen MR) is 124 cm³/mol. The van der Waals surface area contributed by atoms with E-state index in [1.54, 1.807) is 11.3 Å². The Bertz CT molecular complexity index is 981. The molecule has 5 heteroatoms. The number of amides is 1. The summed E-state index contributed by atoms with van der Waals surface area (Å²) in [5.41, 5.74) is 6.30. The number of aryl methyl sites for hydroxylation is 4. The van der Waals surface area contributed by atoms with Crippen molar-refractivity contribution in [2.24, 2.45) is 0 Å². The number of thiazole rings is 1. The minimum Gasteiger partial charge on any atom is -0.302 e. The Balaban J connectivity index is 2.02. The van der Waals surface area contributed by atoms with Gasteiger partial charge in [0.2, 0.25) is 0 Å². The summed E-state index contributed by atoms with van der Waals surface area (Å²) >= 11 is 1.60. The number of anilines is 1. The quantitative estimate of drug-likeness (QED) is 0.516. The highest BCUT2D eigenvalue weighted by Crippen LogP contribution is 2.32. The van der Waals surface area contributed by atoms with Crippen molar-refractivity contribution in [3.05, 3.63) is 58.1 Å². The van der Waals surface area contributed by atoms with Crippen molar-refractivity contribution in [1.82, 2.24) is 9.88 Å². The van der Waals surface area contributed by atoms with Crippen LogP contribution in [-0.4, -0.2) is 42.0 Å². The van der Waals surface area contributed by atoms with Gasteiger partial charge in [-0.2, -0.15) is 0 Å². The van der Waals surface area contributed by atoms with Crippen LogP contribution in [0, 0.1) is 27.7 Å². The number of fused-ring (bicyclic) bond motifs is 1. The number of carbonyl (C=O) groups is 1. The van der Waals surface area contributed by atoms with Crippen LogP contribution in [0.15, 0.2) is 30.3 Å². The molecule has 0 fully saturated rings. The van der Waals surface area contributed by atoms with Gasteiger partial charge in [0.25, 0.3) is 5.91 Å². The molecule has 3 rings (SSSR count). The van der Waals surface area contributed by atoms with Gasteiger partial charge in [-0.15, -0.1) is 0 Å². The topological polar surface area (TPSA) is 36.4 Å². The molecule has 1 aromatic heterocycles. The van der Waals surface area contributed by atoms with Gasteiger partial charge < -0.3 is 4.90 Å². The van der Waals surface area contributed by atoms with Crippen LogP contribution in [0.4, 0.5) is 5.13 Å². The summed E-state index contributed by atoms with van der Waals surface area (Å²) in [7, 11) is 0. The van der Waals surface area contributed by atoms with Crippen LogP contribution >= 0.6 is 11.3 Å². The summed E-state index contributed by atoms with van der Waals surface area (Å²) in [5, 5.41) is 0.781. The standard InChI is InChI=1S/C24H31N3OS/c1-7-26(8-2)11-12-27(23(28)20-13-16(3)9-10-17(20)4)24-25-21-14-18(5)19(6)15-22(21)29-24/h9-10,13-15H,7-8,11-12H2,1-6H3. The van der Waals surface area contributed by atoms with E-state index in [0.29, 0.717) is 6.54 Å². The lowest BCUT2D eigenvalue weighted by Gasteiger charge is -2.25. The van der Waals surface area contributed by atoms with E-state index >= 15 is 0 Å². The molecule has 0 spiro atoms. The molecule has 0 aliphatic heterocycles. The van der Waals surface area contributed by atoms with Gasteiger partial charge >= 0.3 is 0 Å². The lowest BCUT2D eigenvalue weighted by Crippen LogP contribution is -2.39. The maximum atomic E-state index is 13.6. The van der Waals surface area contributed by atoms with E-state index < -0.39 is 0 Å². The van der Waals surface area contributed by atoms with Gasteiger partial charge in [0.1, 0.15) is 0 Å². The number of benzene rings is 2. The second kappa shape index (κ2) is 9.06. The zero-order valence-corrected chi connectivity index (χ0v) is 19.2. The van der Waals surface area contributed by atoms with E-state index in [9.17, 15) is 4.79 Å². The first kappa shape index (κ1) is 21.5. The highest BCUT2D eigenvalue weighted by molar-refractivity contribution is 7.22. The van der Waals surface area contributed by atoms with E-state index in [1.807, 2.05) is 30.9 Å². The lowest BCUT2D eigenvalue weighted by molar-refractivity contribution is 0.0983. The fraction of sp³-hybridized carbons (Fsp3) is 0.417. The van der Waals surface area contributed by atoms with Gasteiger partial charge in [0.05, 0.1) is 10.2 Å². The SMILES string of the molecule is CCN(CC)CCN(C(=O)c1cc(C)ccc1C)c1nc2cc(C)c(C)cc2s1. The van der Waals surface area contributed by atoms with Gasteiger partial charge in [-0.25, -0.2) is 4.98 Å². The van der Waals surface area contributed by atoms with Gasteiger partial charge in [0.15, 0.2) is 5.13 Å². The first-order valence-electron chi connectivity index (χ1n) is 10.3. The number of carbonyl (C=O) groups excluding carboxylic acids is 1. The molecule has 2 aromatic carbocycles. The molecule has 4 nitrogen and oxygen atoms in total. The number of hydrogen-bond acceptors (Lipinski definition) is 4. The molecule has 0 aliphatic rings. The van der Waals surface area contributed by atoms with Crippen LogP contribution < -0.4 is 4.90 Å². The van der Waals surface area contributed by atoms with Gasteiger partial charge in [-0.1, -0.05) is 42.9 Å². The van der Waals surface area contributed by atoms with Gasteiger partial charge in [0, 0.05) is 18.7 Å². The van der Waals surface area contributed by atoms with Crippen molar-refractivity contribution in [2.45, 2.75) is 41.5 Å². The fourth-order valence-corrected chi connectivity index (χ4v) is 4.53. The minimum absolute atomic E-state index is 0.0332. The molecule has 1 amide bonds. The van der Waals surface area contributed by atoms with Crippen molar-refractivity contribution in [3.8, 4) is 0 Å². The number of aromatic nitrogens is 1. The summed E-state index contributed by atoms with van der Waals surface area (Å²) in [6, 6.07) is 10.4. The summed E-state index contributed by atoms with van der Waals surface area (Å²) in [4.78, 5) is 22.6. The van der Waals surface area contributed by atoms with Crippen molar-refractivity contribution in [2.75, 3.05) is 31.1 Å². The molecule has 0 radical (unpaired) electrons. The van der Waals surface area contributed by atoms with Crippen LogP contribution in [0.5, 0.6) is 0 Å². The van der Waals surface area contributed by atoms with Crippen LogP contribution in [0.1, 0.15) is 46.5 Å². The molecule has 3 aromatic rings. The first-order valence-corrected chi connectivity index (χ1v) is 11.1. The maximum Gasteiger partial charge on any atom is 0.260 e. The summed E-state index contributed by atoms with van der Waals surface area (Å²) in [6.07, 6.45) is 0. The molecule has 0 aliphatic carbocycles. The van der Waals surface area contributed by atoms with Crippen LogP contribution in [0.25, 0.3) is 10.2 Å². The molecular weight excluding hydrogens is 378 g/mol. The first-order chi connectivity index (χ1) is 13.8. The summed E-state index contributed by atoms with van der Waals surface area (Å²) in [6.45, 7) is 16.0. The molecule has 29 heavy (non-hydrogen) atoms. The van der Waals surface area contributed by atoms with Gasteiger partial charge in [-0.3, -0.25) is 9.69 Å². The average molecular weight is 410 g/mol. The molecule has 0 unspecified atom stereocenters. The number of likely N-dealkylation sites (N-methyl/N-ethyl adjacent to an activating group) is 1. The molecule has 154 valence electrons. The molecule has 0 saturated carbocycles. The molecule has 1 heterocycles. The highest BCUT2D eigenvalue weighted by atomic mass is 32.1. The smallest absolute Gasteiger partial charge is 0.260 e. The van der Waals surface area contributed by atoms with E-state index in [-0.39, 0.29) is 5.91 Å². The summed E-state index contributed by atoms with van der Waals surface area (Å²) in [5.74, 6) is 0.0332. The molecule has 0 bridgehead atoms. The summed E-state index contributed by atoms with van der Waals surface area (Å²) < 4.78 is 1.13. The largest absolute Gasteiger partial charge is 0.302 e. The Labute approximate surface area is 178 Å². The molecule has 0 saturated heterocycles. The van der Waals surface area contributed by atoms with E-state index in [4.69, 9.17) is 4.98 Å². The van der Waals surface area contributed by atoms with E-state index in [0.717, 1.165) is 51.7 Å². The Morgan fingerprint density at radius 2 is 1.62 bits per heavy atom. The van der Waals surface area contributed by atoms with Crippen LogP contribution in [-0.2, 0) is 0 Å². The average Bonchev–Trinajstić information content (AvgIpc) is 3.09. The van der Waals surface area contributed by atoms with Crippen LogP contribution in [0.3, 0.4) is 0 Å². The third kappa shape index (κ3) is 4.68. The zero-order chi connectivity index (χ0) is 21.1. The van der Waals surface area contributed by atoms with Crippen molar-refractivity contribution >= 4 is 32.6 Å². The highest BCUT2D eigenvalue weighted by Gasteiger charge is 2.23. The molecule has 0 N–H and O–H groups in total. The van der Waals surface area contributed by atoms with Crippen molar-refractivity contribution < 1.29 is 4.79 Å². The zero-order valence-electron chi connectivity index (χ0n) is 18.4. The second-order valence-electron chi connectivity index (χ2n) is 7.70. The third-order valence-corrected chi connectivity index (χ3v) is 6.67. The Kier molecular flexibility index (Phi) is 6.70. The Morgan fingerprint density at radius 1 is 0.931 bits per heavy atom. The Hall–Kier alpha value is -2.24. The monoisotopic (exact) mass is 409 g/mol. The molecular formula is C24H31N3OS. The van der Waals surface area contributed by atoms with Crippen molar-refractivity contribution in [3.63, 3.8) is 0 Å². The van der Waals surface area contributed by atoms with Crippen molar-refractivity contribution in [1.29, 1.82) is 0 Å².